The number of imidazole rings is 1. The van der Waals surface area contributed by atoms with E-state index in [1.807, 2.05) is 11.5 Å². The van der Waals surface area contributed by atoms with Gasteiger partial charge in [-0.15, -0.1) is 0 Å². The molecule has 0 spiro atoms. The summed E-state index contributed by atoms with van der Waals surface area (Å²) in [5, 5.41) is 0. The van der Waals surface area contributed by atoms with Crippen LogP contribution in [0, 0.1) is 0 Å². The molecule has 0 aromatic carbocycles. The lowest BCUT2D eigenvalue weighted by atomic mass is 10.4. The molecule has 9 heteroatoms. The number of anilines is 1. The van der Waals surface area contributed by atoms with Crippen molar-refractivity contribution in [2.24, 2.45) is 0 Å². The van der Waals surface area contributed by atoms with Crippen molar-refractivity contribution in [3.8, 4) is 0 Å². The molecule has 2 N–H and O–H groups in total. The van der Waals surface area contributed by atoms with Crippen molar-refractivity contribution in [3.63, 3.8) is 0 Å². The molecule has 0 radical (unpaired) electrons. The van der Waals surface area contributed by atoms with Crippen LogP contribution in [0.5, 0.6) is 0 Å². The van der Waals surface area contributed by atoms with E-state index in [-0.39, 0.29) is 14.6 Å². The average molecular weight is 314 g/mol. The van der Waals surface area contributed by atoms with Crippen LogP contribution in [-0.2, 0) is 20.6 Å². The first kappa shape index (κ1) is 17.4. The van der Waals surface area contributed by atoms with Gasteiger partial charge in [0.1, 0.15) is 11.8 Å². The van der Waals surface area contributed by atoms with E-state index in [1.54, 1.807) is 20.5 Å². The molecule has 0 fully saturated rings. The van der Waals surface area contributed by atoms with E-state index in [0.29, 0.717) is 36.3 Å². The van der Waals surface area contributed by atoms with Crippen LogP contribution < -0.4 is 5.73 Å². The minimum atomic E-state index is -0.317. The predicted octanol–water partition coefficient (Wildman–Crippen LogP) is 1.10. The smallest absolute Gasteiger partial charge is 0.327 e. The quantitative estimate of drug-likeness (QED) is 0.628. The first-order valence-electron chi connectivity index (χ1n) is 6.42. The lowest BCUT2D eigenvalue weighted by Crippen LogP contribution is -2.17. The van der Waals surface area contributed by atoms with Crippen molar-refractivity contribution in [2.75, 3.05) is 32.7 Å². The molecule has 0 saturated carbocycles. The third kappa shape index (κ3) is 5.34. The van der Waals surface area contributed by atoms with Gasteiger partial charge in [0, 0.05) is 14.2 Å². The Hall–Kier alpha value is -1.63. The zero-order valence-corrected chi connectivity index (χ0v) is 13.4. The second-order valence-electron chi connectivity index (χ2n) is 4.31. The number of hydrogen-bond donors (Lipinski definition) is 1. The van der Waals surface area contributed by atoms with Crippen molar-refractivity contribution < 1.29 is 14.0 Å². The fourth-order valence-electron chi connectivity index (χ4n) is 1.66. The summed E-state index contributed by atoms with van der Waals surface area (Å²) in [7, 11) is 2.93. The number of nitrogens with zero attached hydrogens (tertiary/aromatic N) is 4. The average Bonchev–Trinajstić information content (AvgIpc) is 2.85. The van der Waals surface area contributed by atoms with Crippen molar-refractivity contribution in [3.05, 3.63) is 12.7 Å². The van der Waals surface area contributed by atoms with Gasteiger partial charge in [-0.3, -0.25) is 0 Å². The molecule has 1 unspecified atom stereocenters. The Balaban J connectivity index is 0.000000677. The van der Waals surface area contributed by atoms with Crippen LogP contribution in [-0.4, -0.2) is 52.6 Å². The number of hydrogen-bond acceptors (Lipinski definition) is 7. The highest BCUT2D eigenvalue weighted by atomic mass is 31.1. The summed E-state index contributed by atoms with van der Waals surface area (Å²) in [6, 6.07) is 0. The lowest BCUT2D eigenvalue weighted by Gasteiger charge is -2.12. The highest BCUT2D eigenvalue weighted by Gasteiger charge is 2.11. The standard InChI is InChI=1S/C10H14N5O2P.C2H6O/c1-7(17-2-3-18-16)4-15-6-14-8-9(11)12-5-13-10(8)15;1-3-2/h5-7H,2-4H2,1H3,(H2,11,12,13);1-2H3/p+1/t7-;/m1./s1. The van der Waals surface area contributed by atoms with E-state index in [0.717, 1.165) is 0 Å². The molecule has 21 heavy (non-hydrogen) atoms. The third-order valence-electron chi connectivity index (χ3n) is 2.49. The maximum atomic E-state index is 10.3. The summed E-state index contributed by atoms with van der Waals surface area (Å²) in [5.41, 5.74) is 7.01. The summed E-state index contributed by atoms with van der Waals surface area (Å²) in [4.78, 5) is 12.2. The summed E-state index contributed by atoms with van der Waals surface area (Å²) in [6.07, 6.45) is 3.64. The number of aromatic nitrogens is 4. The molecule has 0 amide bonds. The first-order chi connectivity index (χ1) is 10.1. The second kappa shape index (κ2) is 9.33. The molecular weight excluding hydrogens is 293 g/mol. The van der Waals surface area contributed by atoms with Gasteiger partial charge >= 0.3 is 8.46 Å². The number of ether oxygens (including phenoxy) is 2. The Bertz CT molecular complexity index is 563. The van der Waals surface area contributed by atoms with Crippen molar-refractivity contribution in [1.29, 1.82) is 0 Å². The van der Waals surface area contributed by atoms with E-state index < -0.39 is 0 Å². The zero-order chi connectivity index (χ0) is 15.7. The molecule has 2 rings (SSSR count). The molecule has 2 atom stereocenters. The number of nitrogens with two attached hydrogens (primary N) is 1. The van der Waals surface area contributed by atoms with Crippen LogP contribution in [0.3, 0.4) is 0 Å². The number of fused-ring (bicyclic) bond motifs is 1. The van der Waals surface area contributed by atoms with Crippen LogP contribution in [0.1, 0.15) is 6.92 Å². The van der Waals surface area contributed by atoms with E-state index in [2.05, 4.69) is 19.7 Å². The molecule has 0 aliphatic rings. The van der Waals surface area contributed by atoms with Gasteiger partial charge in [0.2, 0.25) is 0 Å². The van der Waals surface area contributed by atoms with Gasteiger partial charge in [0.25, 0.3) is 0 Å². The Morgan fingerprint density at radius 1 is 1.38 bits per heavy atom. The predicted molar refractivity (Wildman–Crippen MR) is 82.0 cm³/mol. The van der Waals surface area contributed by atoms with E-state index in [4.69, 9.17) is 10.5 Å². The van der Waals surface area contributed by atoms with Crippen LogP contribution in [0.25, 0.3) is 11.2 Å². The minimum Gasteiger partial charge on any atom is -0.388 e. The Kier molecular flexibility index (Phi) is 7.74. The summed E-state index contributed by atoms with van der Waals surface area (Å²) in [5.74, 6) is 0.375. The molecule has 116 valence electrons. The van der Waals surface area contributed by atoms with E-state index in [9.17, 15) is 4.57 Å². The molecule has 8 nitrogen and oxygen atoms in total. The first-order valence-corrected chi connectivity index (χ1v) is 7.53. The van der Waals surface area contributed by atoms with E-state index in [1.165, 1.54) is 6.33 Å². The maximum Gasteiger partial charge on any atom is 0.327 e. The fourth-order valence-corrected chi connectivity index (χ4v) is 1.87. The summed E-state index contributed by atoms with van der Waals surface area (Å²) < 4.78 is 22.0. The lowest BCUT2D eigenvalue weighted by molar-refractivity contribution is 0.0662. The summed E-state index contributed by atoms with van der Waals surface area (Å²) in [6.45, 7) is 3.06. The molecule has 0 saturated heterocycles. The molecule has 2 aromatic heterocycles. The topological polar surface area (TPSA) is 105 Å². The van der Waals surface area contributed by atoms with Crippen LogP contribution in [0.4, 0.5) is 5.82 Å². The highest BCUT2D eigenvalue weighted by Crippen LogP contribution is 2.14. The number of nitrogen functional groups attached to an aromatic ring is 1. The second-order valence-corrected chi connectivity index (χ2v) is 5.10. The van der Waals surface area contributed by atoms with Crippen molar-refractivity contribution >= 4 is 25.4 Å². The third-order valence-corrected chi connectivity index (χ3v) is 2.90. The largest absolute Gasteiger partial charge is 0.388 e. The van der Waals surface area contributed by atoms with Crippen LogP contribution >= 0.6 is 8.46 Å². The number of rotatable bonds is 6. The van der Waals surface area contributed by atoms with Gasteiger partial charge in [-0.1, -0.05) is 4.57 Å². The normalized spacial score (nSPS) is 12.1. The Morgan fingerprint density at radius 2 is 2.10 bits per heavy atom. The van der Waals surface area contributed by atoms with Crippen LogP contribution in [0.2, 0.25) is 0 Å². The molecule has 0 aliphatic carbocycles. The van der Waals surface area contributed by atoms with Gasteiger partial charge in [-0.2, -0.15) is 0 Å². The Morgan fingerprint density at radius 3 is 2.76 bits per heavy atom. The fraction of sp³-hybridized carbons (Fsp3) is 0.583. The summed E-state index contributed by atoms with van der Waals surface area (Å²) >= 11 is 0. The van der Waals surface area contributed by atoms with Crippen molar-refractivity contribution in [2.45, 2.75) is 19.6 Å². The van der Waals surface area contributed by atoms with Crippen molar-refractivity contribution in [1.82, 2.24) is 19.5 Å². The highest BCUT2D eigenvalue weighted by molar-refractivity contribution is 7.23. The van der Waals surface area contributed by atoms with Gasteiger partial charge < -0.3 is 19.8 Å². The monoisotopic (exact) mass is 314 g/mol. The van der Waals surface area contributed by atoms with Gasteiger partial charge in [-0.25, -0.2) is 15.0 Å². The SMILES string of the molecule is COC.C[C@H](Cn1cnc2c(N)ncnc21)OCC[PH+]=O. The molecule has 2 heterocycles. The van der Waals surface area contributed by atoms with Crippen LogP contribution in [0.15, 0.2) is 12.7 Å². The molecule has 0 bridgehead atoms. The number of methoxy groups -OCH3 is 1. The van der Waals surface area contributed by atoms with Gasteiger partial charge in [0.05, 0.1) is 25.6 Å². The zero-order valence-electron chi connectivity index (χ0n) is 12.4. The van der Waals surface area contributed by atoms with Gasteiger partial charge in [-0.05, 0) is 6.92 Å². The Labute approximate surface area is 124 Å². The molecule has 0 aliphatic heterocycles. The van der Waals surface area contributed by atoms with Gasteiger partial charge in [0.15, 0.2) is 17.6 Å². The molecular formula is C12H21N5O3P+. The molecule has 2 aromatic rings. The minimum absolute atomic E-state index is 0.00469. The van der Waals surface area contributed by atoms with E-state index >= 15 is 0 Å². The maximum absolute atomic E-state index is 10.3.